The van der Waals surface area contributed by atoms with E-state index in [1.807, 2.05) is 49.5 Å². The van der Waals surface area contributed by atoms with Crippen LogP contribution in [0.25, 0.3) is 0 Å². The van der Waals surface area contributed by atoms with Gasteiger partial charge in [0.1, 0.15) is 11.9 Å². The molecule has 1 fully saturated rings. The maximum atomic E-state index is 13.3. The zero-order valence-electron chi connectivity index (χ0n) is 17.5. The molecule has 7 heteroatoms. The van der Waals surface area contributed by atoms with Crippen LogP contribution in [0.15, 0.2) is 72.9 Å². The number of halogens is 1. The number of nitrogens with zero attached hydrogens (tertiary/aromatic N) is 4. The lowest BCUT2D eigenvalue weighted by molar-refractivity contribution is -0.121. The van der Waals surface area contributed by atoms with Gasteiger partial charge in [0.25, 0.3) is 0 Å². The molecule has 31 heavy (non-hydrogen) atoms. The highest BCUT2D eigenvalue weighted by atomic mass is 19.1. The molecule has 0 aliphatic carbocycles. The van der Waals surface area contributed by atoms with Crippen LogP contribution < -0.4 is 10.2 Å². The first-order valence-corrected chi connectivity index (χ1v) is 10.5. The SMILES string of the molecule is CN(CC1CCCN1c1cccnn1)C(C(=O)Nc1ccc(F)cc1)c1ccccc1. The number of nitrogens with one attached hydrogen (secondary N) is 1. The summed E-state index contributed by atoms with van der Waals surface area (Å²) in [6, 6.07) is 19.2. The Morgan fingerprint density at radius 1 is 1.16 bits per heavy atom. The van der Waals surface area contributed by atoms with E-state index in [1.165, 1.54) is 12.1 Å². The lowest BCUT2D eigenvalue weighted by atomic mass is 10.0. The molecule has 0 radical (unpaired) electrons. The number of anilines is 2. The van der Waals surface area contributed by atoms with Crippen LogP contribution in [-0.2, 0) is 4.79 Å². The molecule has 2 aromatic carbocycles. The van der Waals surface area contributed by atoms with Crippen molar-refractivity contribution in [2.45, 2.75) is 24.9 Å². The lowest BCUT2D eigenvalue weighted by Crippen LogP contribution is -2.43. The topological polar surface area (TPSA) is 61.4 Å². The molecule has 1 N–H and O–H groups in total. The average Bonchev–Trinajstić information content (AvgIpc) is 3.25. The predicted octanol–water partition coefficient (Wildman–Crippen LogP) is 3.90. The number of rotatable bonds is 7. The molecule has 2 atom stereocenters. The summed E-state index contributed by atoms with van der Waals surface area (Å²) in [6.07, 6.45) is 3.78. The molecule has 0 spiro atoms. The van der Waals surface area contributed by atoms with E-state index < -0.39 is 6.04 Å². The fourth-order valence-electron chi connectivity index (χ4n) is 4.20. The standard InChI is InChI=1S/C24H26FN5O/c1-29(17-21-9-6-16-30(21)22-10-5-15-26-28-22)23(18-7-3-2-4-8-18)24(31)27-20-13-11-19(25)12-14-20/h2-5,7-8,10-15,21,23H,6,9,16-17H2,1H3,(H,27,31). The molecule has 2 heterocycles. The van der Waals surface area contributed by atoms with E-state index >= 15 is 0 Å². The van der Waals surface area contributed by atoms with Crippen molar-refractivity contribution in [1.29, 1.82) is 0 Å². The summed E-state index contributed by atoms with van der Waals surface area (Å²) in [5.74, 6) is 0.384. The predicted molar refractivity (Wildman–Crippen MR) is 119 cm³/mol. The number of benzene rings is 2. The fraction of sp³-hybridized carbons (Fsp3) is 0.292. The minimum Gasteiger partial charge on any atom is -0.351 e. The van der Waals surface area contributed by atoms with E-state index in [1.54, 1.807) is 18.3 Å². The van der Waals surface area contributed by atoms with E-state index in [9.17, 15) is 9.18 Å². The molecule has 6 nitrogen and oxygen atoms in total. The normalized spacial score (nSPS) is 17.0. The molecule has 0 saturated carbocycles. The summed E-state index contributed by atoms with van der Waals surface area (Å²) >= 11 is 0. The van der Waals surface area contributed by atoms with Crippen molar-refractivity contribution in [3.8, 4) is 0 Å². The van der Waals surface area contributed by atoms with Crippen LogP contribution in [0.3, 0.4) is 0 Å². The van der Waals surface area contributed by atoms with Crippen LogP contribution in [0, 0.1) is 5.82 Å². The Labute approximate surface area is 181 Å². The average molecular weight is 420 g/mol. The van der Waals surface area contributed by atoms with Gasteiger partial charge >= 0.3 is 0 Å². The molecular formula is C24H26FN5O. The van der Waals surface area contributed by atoms with Gasteiger partial charge in [0.2, 0.25) is 5.91 Å². The number of carbonyl (C=O) groups is 1. The third-order valence-corrected chi connectivity index (χ3v) is 5.64. The van der Waals surface area contributed by atoms with Crippen molar-refractivity contribution in [3.63, 3.8) is 0 Å². The van der Waals surface area contributed by atoms with Crippen molar-refractivity contribution in [2.24, 2.45) is 0 Å². The van der Waals surface area contributed by atoms with Gasteiger partial charge < -0.3 is 10.2 Å². The second-order valence-corrected chi connectivity index (χ2v) is 7.82. The highest BCUT2D eigenvalue weighted by molar-refractivity contribution is 5.95. The fourth-order valence-corrected chi connectivity index (χ4v) is 4.20. The summed E-state index contributed by atoms with van der Waals surface area (Å²) in [5.41, 5.74) is 1.48. The maximum absolute atomic E-state index is 13.3. The van der Waals surface area contributed by atoms with Gasteiger partial charge in [-0.3, -0.25) is 9.69 Å². The number of hydrogen-bond donors (Lipinski definition) is 1. The van der Waals surface area contributed by atoms with E-state index in [0.29, 0.717) is 12.2 Å². The van der Waals surface area contributed by atoms with E-state index in [4.69, 9.17) is 0 Å². The highest BCUT2D eigenvalue weighted by Gasteiger charge is 2.32. The second kappa shape index (κ2) is 9.66. The first kappa shape index (κ1) is 20.9. The third-order valence-electron chi connectivity index (χ3n) is 5.64. The largest absolute Gasteiger partial charge is 0.351 e. The Morgan fingerprint density at radius 2 is 1.94 bits per heavy atom. The first-order chi connectivity index (χ1) is 15.1. The maximum Gasteiger partial charge on any atom is 0.246 e. The van der Waals surface area contributed by atoms with Crippen LogP contribution in [0.5, 0.6) is 0 Å². The Balaban J connectivity index is 1.53. The van der Waals surface area contributed by atoms with Gasteiger partial charge in [-0.1, -0.05) is 30.3 Å². The van der Waals surface area contributed by atoms with Crippen molar-refractivity contribution in [2.75, 3.05) is 30.4 Å². The lowest BCUT2D eigenvalue weighted by Gasteiger charge is -2.33. The Morgan fingerprint density at radius 3 is 2.65 bits per heavy atom. The number of hydrogen-bond acceptors (Lipinski definition) is 5. The third kappa shape index (κ3) is 5.06. The minimum atomic E-state index is -0.476. The van der Waals surface area contributed by atoms with Crippen molar-refractivity contribution in [1.82, 2.24) is 15.1 Å². The number of amides is 1. The molecule has 4 rings (SSSR count). The highest BCUT2D eigenvalue weighted by Crippen LogP contribution is 2.27. The molecule has 3 aromatic rings. The molecule has 160 valence electrons. The van der Waals surface area contributed by atoms with Gasteiger partial charge in [-0.15, -0.1) is 5.10 Å². The zero-order valence-corrected chi connectivity index (χ0v) is 17.5. The molecule has 0 bridgehead atoms. The molecular weight excluding hydrogens is 393 g/mol. The molecule has 1 amide bonds. The smallest absolute Gasteiger partial charge is 0.246 e. The summed E-state index contributed by atoms with van der Waals surface area (Å²) in [6.45, 7) is 1.63. The Hall–Kier alpha value is -3.32. The number of likely N-dealkylation sites (N-methyl/N-ethyl adjacent to an activating group) is 1. The van der Waals surface area contributed by atoms with Crippen molar-refractivity contribution >= 4 is 17.4 Å². The van der Waals surface area contributed by atoms with Crippen molar-refractivity contribution < 1.29 is 9.18 Å². The molecule has 1 aliphatic heterocycles. The minimum absolute atomic E-state index is 0.149. The molecule has 1 aliphatic rings. The summed E-state index contributed by atoms with van der Waals surface area (Å²) in [5, 5.41) is 11.2. The molecule has 2 unspecified atom stereocenters. The van der Waals surface area contributed by atoms with Gasteiger partial charge in [-0.05, 0) is 61.9 Å². The Bertz CT molecular complexity index is 984. The van der Waals surface area contributed by atoms with E-state index in [0.717, 1.165) is 30.8 Å². The van der Waals surface area contributed by atoms with E-state index in [2.05, 4.69) is 25.3 Å². The van der Waals surface area contributed by atoms with Gasteiger partial charge in [-0.2, -0.15) is 5.10 Å². The Kier molecular flexibility index (Phi) is 6.52. The van der Waals surface area contributed by atoms with Crippen LogP contribution in [0.2, 0.25) is 0 Å². The van der Waals surface area contributed by atoms with E-state index in [-0.39, 0.29) is 17.8 Å². The quantitative estimate of drug-likeness (QED) is 0.629. The first-order valence-electron chi connectivity index (χ1n) is 10.5. The number of carbonyl (C=O) groups excluding carboxylic acids is 1. The van der Waals surface area contributed by atoms with Gasteiger partial charge in [0.15, 0.2) is 5.82 Å². The van der Waals surface area contributed by atoms with Crippen LogP contribution in [0.4, 0.5) is 15.9 Å². The van der Waals surface area contributed by atoms with Gasteiger partial charge in [0, 0.05) is 31.0 Å². The van der Waals surface area contributed by atoms with Crippen LogP contribution in [0.1, 0.15) is 24.4 Å². The molecule has 1 aromatic heterocycles. The summed E-state index contributed by atoms with van der Waals surface area (Å²) in [7, 11) is 1.97. The summed E-state index contributed by atoms with van der Waals surface area (Å²) < 4.78 is 13.2. The van der Waals surface area contributed by atoms with Gasteiger partial charge in [0.05, 0.1) is 0 Å². The monoisotopic (exact) mass is 419 g/mol. The zero-order chi connectivity index (χ0) is 21.6. The number of aromatic nitrogens is 2. The van der Waals surface area contributed by atoms with Crippen molar-refractivity contribution in [3.05, 3.63) is 84.3 Å². The van der Waals surface area contributed by atoms with Crippen LogP contribution >= 0.6 is 0 Å². The van der Waals surface area contributed by atoms with Crippen LogP contribution in [-0.4, -0.2) is 47.2 Å². The molecule has 1 saturated heterocycles. The summed E-state index contributed by atoms with van der Waals surface area (Å²) in [4.78, 5) is 17.6. The second-order valence-electron chi connectivity index (χ2n) is 7.82. The van der Waals surface area contributed by atoms with Gasteiger partial charge in [-0.25, -0.2) is 4.39 Å².